The van der Waals surface area contributed by atoms with Crippen molar-refractivity contribution < 1.29 is 9.18 Å². The second-order valence-electron chi connectivity index (χ2n) is 4.67. The second-order valence-corrected chi connectivity index (χ2v) is 5.07. The molecule has 0 spiro atoms. The largest absolute Gasteiger partial charge is 0.351 e. The third-order valence-electron chi connectivity index (χ3n) is 2.55. The minimum absolute atomic E-state index is 0.0493. The molecule has 0 aliphatic heterocycles. The first-order valence-electron chi connectivity index (χ1n) is 5.88. The van der Waals surface area contributed by atoms with Gasteiger partial charge in [0.1, 0.15) is 5.82 Å². The van der Waals surface area contributed by atoms with E-state index in [-0.39, 0.29) is 17.5 Å². The molecule has 1 aromatic rings. The van der Waals surface area contributed by atoms with Crippen molar-refractivity contribution in [1.82, 2.24) is 5.32 Å². The first-order valence-corrected chi connectivity index (χ1v) is 6.25. The number of hydrogen-bond donors (Lipinski definition) is 2. The number of benzene rings is 1. The molecule has 18 heavy (non-hydrogen) atoms. The molecule has 3 nitrogen and oxygen atoms in total. The number of carbonyl (C=O) groups excluding carboxylic acids is 1. The van der Waals surface area contributed by atoms with Crippen molar-refractivity contribution in [3.63, 3.8) is 0 Å². The maximum atomic E-state index is 13.5. The molecule has 100 valence electrons. The quantitative estimate of drug-likeness (QED) is 0.865. The minimum atomic E-state index is -0.563. The molecule has 0 aliphatic carbocycles. The highest BCUT2D eigenvalue weighted by molar-refractivity contribution is 6.30. The summed E-state index contributed by atoms with van der Waals surface area (Å²) in [5, 5.41) is 2.66. The van der Waals surface area contributed by atoms with Gasteiger partial charge in [-0.2, -0.15) is 0 Å². The van der Waals surface area contributed by atoms with Crippen molar-refractivity contribution in [3.05, 3.63) is 34.6 Å². The maximum Gasteiger partial charge on any atom is 0.237 e. The molecule has 0 saturated heterocycles. The van der Waals surface area contributed by atoms with E-state index in [0.717, 1.165) is 0 Å². The third kappa shape index (κ3) is 4.27. The van der Waals surface area contributed by atoms with Crippen LogP contribution in [0.3, 0.4) is 0 Å². The van der Waals surface area contributed by atoms with Crippen LogP contribution in [-0.2, 0) is 11.3 Å². The zero-order valence-corrected chi connectivity index (χ0v) is 11.3. The fourth-order valence-electron chi connectivity index (χ4n) is 1.61. The average Bonchev–Trinajstić information content (AvgIpc) is 2.29. The number of nitrogens with one attached hydrogen (secondary N) is 1. The summed E-state index contributed by atoms with van der Waals surface area (Å²) in [5.41, 5.74) is 6.07. The lowest BCUT2D eigenvalue weighted by Crippen LogP contribution is -2.41. The number of carbonyl (C=O) groups is 1. The summed E-state index contributed by atoms with van der Waals surface area (Å²) in [5.74, 6) is -0.436. The SMILES string of the molecule is CC(C)C[C@H](N)C(=O)NCc1cccc(Cl)c1F. The first kappa shape index (κ1) is 14.9. The second kappa shape index (κ2) is 6.71. The van der Waals surface area contributed by atoms with Crippen molar-refractivity contribution in [2.75, 3.05) is 0 Å². The lowest BCUT2D eigenvalue weighted by molar-refractivity contribution is -0.122. The van der Waals surface area contributed by atoms with Crippen LogP contribution in [0.2, 0.25) is 5.02 Å². The Hall–Kier alpha value is -1.13. The number of nitrogens with two attached hydrogens (primary N) is 1. The van der Waals surface area contributed by atoms with E-state index in [9.17, 15) is 9.18 Å². The molecule has 3 N–H and O–H groups in total. The molecule has 0 aromatic heterocycles. The van der Waals surface area contributed by atoms with Gasteiger partial charge >= 0.3 is 0 Å². The molecule has 1 atom stereocenters. The Morgan fingerprint density at radius 1 is 1.50 bits per heavy atom. The van der Waals surface area contributed by atoms with E-state index >= 15 is 0 Å². The highest BCUT2D eigenvalue weighted by Crippen LogP contribution is 2.17. The van der Waals surface area contributed by atoms with Gasteiger partial charge in [-0.3, -0.25) is 4.79 Å². The standard InChI is InChI=1S/C13H18ClFN2O/c1-8(2)6-11(16)13(18)17-7-9-4-3-5-10(14)12(9)15/h3-5,8,11H,6-7,16H2,1-2H3,(H,17,18)/t11-/m0/s1. The molecule has 0 saturated carbocycles. The topological polar surface area (TPSA) is 55.1 Å². The number of rotatable bonds is 5. The van der Waals surface area contributed by atoms with Gasteiger partial charge < -0.3 is 11.1 Å². The van der Waals surface area contributed by atoms with Gasteiger partial charge in [-0.1, -0.05) is 37.6 Å². The van der Waals surface area contributed by atoms with E-state index in [2.05, 4.69) is 5.32 Å². The lowest BCUT2D eigenvalue weighted by Gasteiger charge is -2.14. The van der Waals surface area contributed by atoms with Gasteiger partial charge in [-0.15, -0.1) is 0 Å². The predicted molar refractivity (Wildman–Crippen MR) is 70.7 cm³/mol. The number of halogens is 2. The molecule has 0 aliphatic rings. The highest BCUT2D eigenvalue weighted by Gasteiger charge is 2.15. The molecule has 0 radical (unpaired) electrons. The van der Waals surface area contributed by atoms with Gasteiger partial charge in [0.2, 0.25) is 5.91 Å². The fraction of sp³-hybridized carbons (Fsp3) is 0.462. The van der Waals surface area contributed by atoms with Crippen molar-refractivity contribution in [2.45, 2.75) is 32.9 Å². The van der Waals surface area contributed by atoms with Gasteiger partial charge in [-0.05, 0) is 18.4 Å². The summed E-state index contributed by atoms with van der Waals surface area (Å²) in [4.78, 5) is 11.7. The van der Waals surface area contributed by atoms with E-state index in [0.29, 0.717) is 17.9 Å². The normalized spacial score (nSPS) is 12.6. The monoisotopic (exact) mass is 272 g/mol. The van der Waals surface area contributed by atoms with Crippen LogP contribution in [0.1, 0.15) is 25.8 Å². The molecular formula is C13H18ClFN2O. The molecule has 0 fully saturated rings. The summed E-state index contributed by atoms with van der Waals surface area (Å²) in [6, 6.07) is 4.12. The average molecular weight is 273 g/mol. The highest BCUT2D eigenvalue weighted by atomic mass is 35.5. The van der Waals surface area contributed by atoms with Crippen LogP contribution in [0.4, 0.5) is 4.39 Å². The Bertz CT molecular complexity index is 423. The van der Waals surface area contributed by atoms with E-state index in [4.69, 9.17) is 17.3 Å². The Morgan fingerprint density at radius 3 is 2.78 bits per heavy atom. The number of hydrogen-bond acceptors (Lipinski definition) is 2. The smallest absolute Gasteiger partial charge is 0.237 e. The summed E-state index contributed by atoms with van der Waals surface area (Å²) in [7, 11) is 0. The Morgan fingerprint density at radius 2 is 2.17 bits per heavy atom. The van der Waals surface area contributed by atoms with E-state index in [1.807, 2.05) is 13.8 Å². The van der Waals surface area contributed by atoms with Crippen LogP contribution in [-0.4, -0.2) is 11.9 Å². The molecule has 0 bridgehead atoms. The van der Waals surface area contributed by atoms with Crippen molar-refractivity contribution >= 4 is 17.5 Å². The van der Waals surface area contributed by atoms with Crippen LogP contribution in [0.15, 0.2) is 18.2 Å². The van der Waals surface area contributed by atoms with E-state index < -0.39 is 11.9 Å². The van der Waals surface area contributed by atoms with Crippen molar-refractivity contribution in [1.29, 1.82) is 0 Å². The van der Waals surface area contributed by atoms with Gasteiger partial charge in [0.05, 0.1) is 11.1 Å². The van der Waals surface area contributed by atoms with Crippen LogP contribution < -0.4 is 11.1 Å². The summed E-state index contributed by atoms with van der Waals surface area (Å²) < 4.78 is 13.5. The Kier molecular flexibility index (Phi) is 5.56. The van der Waals surface area contributed by atoms with E-state index in [1.165, 1.54) is 6.07 Å². The van der Waals surface area contributed by atoms with E-state index in [1.54, 1.807) is 12.1 Å². The molecule has 0 heterocycles. The van der Waals surface area contributed by atoms with Crippen molar-refractivity contribution in [2.24, 2.45) is 11.7 Å². The lowest BCUT2D eigenvalue weighted by atomic mass is 10.0. The Labute approximate surface area is 112 Å². The summed E-state index contributed by atoms with van der Waals surface area (Å²) >= 11 is 5.65. The molecule has 0 unspecified atom stereocenters. The maximum absolute atomic E-state index is 13.5. The first-order chi connectivity index (χ1) is 8.41. The Balaban J connectivity index is 2.55. The number of amides is 1. The van der Waals surface area contributed by atoms with Crippen LogP contribution >= 0.6 is 11.6 Å². The molecule has 1 rings (SSSR count). The van der Waals surface area contributed by atoms with Crippen molar-refractivity contribution in [3.8, 4) is 0 Å². The molecule has 5 heteroatoms. The van der Waals surface area contributed by atoms with Gasteiger partial charge in [0, 0.05) is 12.1 Å². The molecular weight excluding hydrogens is 255 g/mol. The van der Waals surface area contributed by atoms with Gasteiger partial charge in [-0.25, -0.2) is 4.39 Å². The van der Waals surface area contributed by atoms with Crippen LogP contribution in [0.5, 0.6) is 0 Å². The van der Waals surface area contributed by atoms with Crippen LogP contribution in [0.25, 0.3) is 0 Å². The van der Waals surface area contributed by atoms with Gasteiger partial charge in [0.15, 0.2) is 0 Å². The third-order valence-corrected chi connectivity index (χ3v) is 2.84. The predicted octanol–water partition coefficient (Wildman–Crippen LogP) is 2.47. The summed E-state index contributed by atoms with van der Waals surface area (Å²) in [6.07, 6.45) is 0.601. The van der Waals surface area contributed by atoms with Crippen LogP contribution in [0, 0.1) is 11.7 Å². The summed E-state index contributed by atoms with van der Waals surface area (Å²) in [6.45, 7) is 4.07. The zero-order valence-electron chi connectivity index (χ0n) is 10.5. The minimum Gasteiger partial charge on any atom is -0.351 e. The zero-order chi connectivity index (χ0) is 13.7. The molecule has 1 aromatic carbocycles. The van der Waals surface area contributed by atoms with Gasteiger partial charge in [0.25, 0.3) is 0 Å². The fourth-order valence-corrected chi connectivity index (χ4v) is 1.81. The molecule has 1 amide bonds.